The van der Waals surface area contributed by atoms with Gasteiger partial charge in [-0.05, 0) is 144 Å². The molecule has 1 aliphatic heterocycles. The van der Waals surface area contributed by atoms with Crippen molar-refractivity contribution < 1.29 is 50.9 Å². The molecule has 0 saturated carbocycles. The van der Waals surface area contributed by atoms with Gasteiger partial charge in [-0.15, -0.1) is 6.42 Å². The predicted molar refractivity (Wildman–Crippen MR) is 295 cm³/mol. The fraction of sp³-hybridized carbons (Fsp3) is 0.241. The van der Waals surface area contributed by atoms with Crippen LogP contribution in [-0.2, 0) is 9.73 Å². The van der Waals surface area contributed by atoms with Crippen molar-refractivity contribution in [3.05, 3.63) is 65.9 Å². The van der Waals surface area contributed by atoms with E-state index in [1.807, 2.05) is 30.5 Å². The number of hydrogen-bond donors (Lipinski definition) is 3. The Morgan fingerprint density at radius 2 is 1.43 bits per heavy atom. The largest absolute Gasteiger partial charge is 0.493 e. The molecule has 374 valence electrons. The van der Waals surface area contributed by atoms with Crippen LogP contribution >= 0.6 is 0 Å². The Morgan fingerprint density at radius 3 is 1.93 bits per heavy atom. The standard InChI is InChI=1S/C27H35N5O3.C27H4.H3N5O3.15H2/c1-3-6-23(22-7-4-10-28-18-22)30-27-20-29-19-24(31-27)21-8-9-25(26(17-21)33-2)35-14-5-11-32-12-15-34-16-13-32;1-3-5-7-9-11-13-15-17-19-21-23-25-27-26-24-22-20-18-16-14-12-10-8-6-4-2;1-2-3-4-5(6)8-7;;;;;;;;;;;;;;;/h4,7-10,17-20,23H,3,5-6,11-16H2,1-2H3,(H,30,31);1H,2H3;7H,(H2,1,3);15*1H. The molecular formula is C54H72N10O6. The van der Waals surface area contributed by atoms with E-state index in [9.17, 15) is 5.21 Å². The van der Waals surface area contributed by atoms with E-state index >= 15 is 0 Å². The molecule has 0 amide bonds. The number of pyridine rings is 1. The van der Waals surface area contributed by atoms with Crippen LogP contribution in [0.25, 0.3) is 11.3 Å². The molecule has 0 aliphatic carbocycles. The summed E-state index contributed by atoms with van der Waals surface area (Å²) < 4.78 is 17.0. The molecule has 1 aromatic carbocycles. The number of anilines is 1. The Labute approximate surface area is 431 Å². The summed E-state index contributed by atoms with van der Waals surface area (Å²) in [7, 11) is 1.66. The molecule has 1 fully saturated rings. The van der Waals surface area contributed by atoms with Crippen LogP contribution in [0.15, 0.2) is 70.8 Å². The Balaban J connectivity index is -0.0000000769. The van der Waals surface area contributed by atoms with Crippen LogP contribution in [-0.4, -0.2) is 76.7 Å². The van der Waals surface area contributed by atoms with Gasteiger partial charge in [-0.3, -0.25) is 26.0 Å². The molecular weight excluding hydrogens is 885 g/mol. The molecule has 0 bridgehead atoms. The van der Waals surface area contributed by atoms with Gasteiger partial charge in [0.25, 0.3) is 0 Å². The molecule has 16 heteroatoms. The predicted octanol–water partition coefficient (Wildman–Crippen LogP) is 8.57. The molecule has 0 spiro atoms. The molecule has 3 aromatic rings. The SMILES string of the molecule is C#CC#CC#CC#CC#CC#CC#CC#CC#CC#CC#CC#CC#CC.CCCC(Nc1cncc(-c2ccc(OCCCN3CCOCC3)c(OC)c2)n1)c1cccnc1.NN=NN=[N+]([O-])OO.[HH].[HH].[HH].[HH].[HH].[HH].[HH].[HH].[HH].[HH].[HH].[HH].[HH].[HH].[HH]. The van der Waals surface area contributed by atoms with Crippen LogP contribution in [0.1, 0.15) is 66.1 Å². The van der Waals surface area contributed by atoms with Crippen molar-refractivity contribution in [2.45, 2.75) is 39.2 Å². The Bertz CT molecular complexity index is 3150. The molecule has 2 aromatic heterocycles. The van der Waals surface area contributed by atoms with Crippen molar-refractivity contribution in [3.8, 4) is 177 Å². The number of nitrogens with zero attached hydrogens (tertiary/aromatic N) is 8. The maximum Gasteiger partial charge on any atom is 0.226 e. The smallest absolute Gasteiger partial charge is 0.226 e. The molecule has 4 rings (SSSR count). The number of morpholine rings is 1. The Morgan fingerprint density at radius 1 is 0.843 bits per heavy atom. The topological polar surface area (TPSA) is 200 Å². The van der Waals surface area contributed by atoms with E-state index in [-0.39, 0.29) is 27.4 Å². The van der Waals surface area contributed by atoms with Crippen LogP contribution in [0.2, 0.25) is 0 Å². The third kappa shape index (κ3) is 27.1. The Hall–Kier alpha value is -10.4. The van der Waals surface area contributed by atoms with Gasteiger partial charge < -0.3 is 29.7 Å². The summed E-state index contributed by atoms with van der Waals surface area (Å²) in [6.07, 6.45) is 15.1. The zero-order valence-electron chi connectivity index (χ0n) is 38.4. The highest BCUT2D eigenvalue weighted by molar-refractivity contribution is 5.64. The molecule has 1 aliphatic rings. The summed E-state index contributed by atoms with van der Waals surface area (Å²) >= 11 is 0. The number of nitrogens with one attached hydrogen (secondary N) is 1. The zero-order chi connectivity index (χ0) is 50.4. The molecule has 1 unspecified atom stereocenters. The quantitative estimate of drug-likeness (QED) is 0.0348. The average molecular weight is 957 g/mol. The highest BCUT2D eigenvalue weighted by Crippen LogP contribution is 2.32. The lowest BCUT2D eigenvalue weighted by molar-refractivity contribution is -0.873. The van der Waals surface area contributed by atoms with Crippen molar-refractivity contribution in [2.75, 3.05) is 51.9 Å². The summed E-state index contributed by atoms with van der Waals surface area (Å²) in [4.78, 5) is 18.9. The second kappa shape index (κ2) is 39.0. The monoisotopic (exact) mass is 957 g/mol. The molecule has 4 N–H and O–H groups in total. The number of methoxy groups -OCH3 is 1. The van der Waals surface area contributed by atoms with Crippen LogP contribution in [0, 0.1) is 160 Å². The molecule has 1 atom stereocenters. The first-order valence-corrected chi connectivity index (χ1v) is 20.6. The van der Waals surface area contributed by atoms with Crippen LogP contribution in [0.5, 0.6) is 11.5 Å². The van der Waals surface area contributed by atoms with Gasteiger partial charge in [0.1, 0.15) is 5.82 Å². The van der Waals surface area contributed by atoms with Gasteiger partial charge in [0.05, 0.1) is 61.3 Å². The van der Waals surface area contributed by atoms with Crippen LogP contribution < -0.4 is 20.6 Å². The van der Waals surface area contributed by atoms with E-state index in [1.54, 1.807) is 32.6 Å². The second-order valence-electron chi connectivity index (χ2n) is 12.5. The highest BCUT2D eigenvalue weighted by atomic mass is 17.2. The van der Waals surface area contributed by atoms with Crippen molar-refractivity contribution in [2.24, 2.45) is 21.5 Å². The van der Waals surface area contributed by atoms with E-state index < -0.39 is 5.02 Å². The lowest BCUT2D eigenvalue weighted by atomic mass is 10.0. The maximum atomic E-state index is 9.64. The van der Waals surface area contributed by atoms with Crippen molar-refractivity contribution in [3.63, 3.8) is 0 Å². The van der Waals surface area contributed by atoms with Crippen molar-refractivity contribution in [1.29, 1.82) is 0 Å². The molecule has 70 heavy (non-hydrogen) atoms. The number of nitrogens with two attached hydrogens (primary N) is 1. The summed E-state index contributed by atoms with van der Waals surface area (Å²) in [6, 6.07) is 10.1. The zero-order valence-corrected chi connectivity index (χ0v) is 38.4. The average Bonchev–Trinajstić information content (AvgIpc) is 3.40. The first kappa shape index (κ1) is 55.7. The van der Waals surface area contributed by atoms with E-state index in [0.717, 1.165) is 80.5 Å². The van der Waals surface area contributed by atoms with Gasteiger partial charge in [0, 0.05) is 106 Å². The van der Waals surface area contributed by atoms with Gasteiger partial charge >= 0.3 is 0 Å². The minimum Gasteiger partial charge on any atom is -0.493 e. The van der Waals surface area contributed by atoms with E-state index in [1.165, 1.54) is 0 Å². The summed E-state index contributed by atoms with van der Waals surface area (Å²) in [5.74, 6) is 68.4. The lowest BCUT2D eigenvalue weighted by Gasteiger charge is -2.26. The summed E-state index contributed by atoms with van der Waals surface area (Å²) in [6.45, 7) is 9.14. The van der Waals surface area contributed by atoms with Gasteiger partial charge in [0.15, 0.2) is 11.5 Å². The first-order valence-electron chi connectivity index (χ1n) is 20.6. The minimum absolute atomic E-state index is 0. The van der Waals surface area contributed by atoms with E-state index in [4.69, 9.17) is 30.9 Å². The highest BCUT2D eigenvalue weighted by Gasteiger charge is 2.14. The molecule has 1 saturated heterocycles. The molecule has 3 heterocycles. The van der Waals surface area contributed by atoms with Crippen LogP contribution in [0.4, 0.5) is 5.82 Å². The van der Waals surface area contributed by atoms with Crippen LogP contribution in [0.3, 0.4) is 0 Å². The number of ether oxygens (including phenoxy) is 3. The lowest BCUT2D eigenvalue weighted by Crippen LogP contribution is -2.37. The molecule has 0 radical (unpaired) electrons. The number of benzene rings is 1. The third-order valence-electron chi connectivity index (χ3n) is 7.87. The summed E-state index contributed by atoms with van der Waals surface area (Å²) in [5, 5.41) is 27.7. The third-order valence-corrected chi connectivity index (χ3v) is 7.87. The first-order chi connectivity index (χ1) is 34.5. The Kier molecular flexibility index (Phi) is 31.1. The van der Waals surface area contributed by atoms with Gasteiger partial charge in [0.2, 0.25) is 10.4 Å². The summed E-state index contributed by atoms with van der Waals surface area (Å²) in [5.41, 5.74) is 2.83. The van der Waals surface area contributed by atoms with Gasteiger partial charge in [-0.2, -0.15) is 0 Å². The van der Waals surface area contributed by atoms with Gasteiger partial charge in [-0.25, -0.2) is 4.98 Å². The number of hydrogen-bond acceptors (Lipinski definition) is 12. The van der Waals surface area contributed by atoms with Gasteiger partial charge in [-0.1, -0.05) is 25.3 Å². The minimum atomic E-state index is -0.573. The maximum absolute atomic E-state index is 9.64. The fourth-order valence-corrected chi connectivity index (χ4v) is 5.01. The van der Waals surface area contributed by atoms with E-state index in [2.05, 4.69) is 208 Å². The second-order valence-corrected chi connectivity index (χ2v) is 12.5. The molecule has 16 nitrogen and oxygen atoms in total. The fourth-order valence-electron chi connectivity index (χ4n) is 5.01. The number of aromatic nitrogens is 3. The number of rotatable bonds is 14. The number of terminal acetylenes is 1. The van der Waals surface area contributed by atoms with Crippen molar-refractivity contribution in [1.82, 2.24) is 19.9 Å². The normalized spacial score (nSPS) is 10.4. The van der Waals surface area contributed by atoms with E-state index in [0.29, 0.717) is 12.4 Å². The van der Waals surface area contributed by atoms with Crippen molar-refractivity contribution >= 4 is 5.82 Å².